The molecule has 1 unspecified atom stereocenters. The van der Waals surface area contributed by atoms with E-state index in [2.05, 4.69) is 5.32 Å². The first kappa shape index (κ1) is 16.3. The van der Waals surface area contributed by atoms with Crippen molar-refractivity contribution in [1.82, 2.24) is 0 Å². The highest BCUT2D eigenvalue weighted by Crippen LogP contribution is 2.33. The van der Waals surface area contributed by atoms with Crippen LogP contribution in [-0.4, -0.2) is 17.7 Å². The largest absolute Gasteiger partial charge is 0.324 e. The van der Waals surface area contributed by atoms with Gasteiger partial charge >= 0.3 is 0 Å². The molecule has 128 valence electrons. The van der Waals surface area contributed by atoms with Crippen LogP contribution in [0.15, 0.2) is 53.5 Å². The van der Waals surface area contributed by atoms with E-state index in [-0.39, 0.29) is 11.9 Å². The number of anilines is 1. The Kier molecular flexibility index (Phi) is 4.58. The number of carbonyl (C=O) groups excluding carboxylic acids is 1. The van der Waals surface area contributed by atoms with Gasteiger partial charge in [-0.15, -0.1) is 0 Å². The molecule has 1 saturated carbocycles. The maximum absolute atomic E-state index is 12.9. The second-order valence-electron chi connectivity index (χ2n) is 6.87. The third-order valence-corrected chi connectivity index (χ3v) is 5.41. The predicted octanol–water partition coefficient (Wildman–Crippen LogP) is 5.08. The summed E-state index contributed by atoms with van der Waals surface area (Å²) in [6.07, 6.45) is 5.77. The second-order valence-corrected chi connectivity index (χ2v) is 7.30. The van der Waals surface area contributed by atoms with Crippen LogP contribution in [0.25, 0.3) is 0 Å². The molecule has 3 nitrogen and oxygen atoms in total. The maximum Gasteiger partial charge on any atom is 0.249 e. The van der Waals surface area contributed by atoms with E-state index < -0.39 is 0 Å². The summed E-state index contributed by atoms with van der Waals surface area (Å²) in [6, 6.07) is 15.3. The monoisotopic (exact) mass is 352 g/mol. The Balaban J connectivity index is 1.84. The van der Waals surface area contributed by atoms with Crippen molar-refractivity contribution < 1.29 is 4.79 Å². The summed E-state index contributed by atoms with van der Waals surface area (Å²) in [4.78, 5) is 17.9. The summed E-state index contributed by atoms with van der Waals surface area (Å²) in [5.41, 5.74) is 3.55. The smallest absolute Gasteiger partial charge is 0.249 e. The Morgan fingerprint density at radius 3 is 2.52 bits per heavy atom. The number of benzene rings is 2. The third-order valence-electron chi connectivity index (χ3n) is 5.17. The van der Waals surface area contributed by atoms with Gasteiger partial charge in [-0.25, -0.2) is 0 Å². The van der Waals surface area contributed by atoms with Gasteiger partial charge in [0.15, 0.2) is 0 Å². The first-order valence-electron chi connectivity index (χ1n) is 8.96. The lowest BCUT2D eigenvalue weighted by Gasteiger charge is -2.26. The zero-order valence-corrected chi connectivity index (χ0v) is 14.8. The topological polar surface area (TPSA) is 41.5 Å². The fourth-order valence-electron chi connectivity index (χ4n) is 3.89. The molecular formula is C21H21ClN2O. The molecule has 1 fully saturated rings. The Bertz CT molecular complexity index is 810. The highest BCUT2D eigenvalue weighted by atomic mass is 35.5. The van der Waals surface area contributed by atoms with Gasteiger partial charge in [0.1, 0.15) is 6.04 Å². The number of nitrogens with one attached hydrogen (secondary N) is 1. The zero-order valence-electron chi connectivity index (χ0n) is 14.0. The quantitative estimate of drug-likeness (QED) is 0.804. The number of carbonyl (C=O) groups is 1. The lowest BCUT2D eigenvalue weighted by Crippen LogP contribution is -2.34. The molecule has 1 N–H and O–H groups in total. The number of halogens is 1. The van der Waals surface area contributed by atoms with Crippen molar-refractivity contribution >= 4 is 28.9 Å². The fraction of sp³-hybridized carbons (Fsp3) is 0.333. The molecule has 25 heavy (non-hydrogen) atoms. The molecule has 2 aliphatic rings. The number of rotatable bonds is 2. The molecule has 1 aliphatic carbocycles. The lowest BCUT2D eigenvalue weighted by atomic mass is 9.83. The van der Waals surface area contributed by atoms with Crippen LogP contribution < -0.4 is 5.32 Å². The standard InChI is InChI=1S/C21H21ClN2O/c22-16-11-12-18-17(13-16)19(14-7-3-1-4-8-14)24-20(21(25)23-18)15-9-5-2-6-10-15/h1,3-4,7-8,11-13,15,20H,2,5-6,9-10H2,(H,23,25). The normalized spacial score (nSPS) is 21.1. The Morgan fingerprint density at radius 2 is 1.76 bits per heavy atom. The summed E-state index contributed by atoms with van der Waals surface area (Å²) in [5.74, 6) is 0.318. The minimum Gasteiger partial charge on any atom is -0.324 e. The average molecular weight is 353 g/mol. The molecule has 0 spiro atoms. The molecule has 0 saturated heterocycles. The van der Waals surface area contributed by atoms with Crippen molar-refractivity contribution in [1.29, 1.82) is 0 Å². The number of amides is 1. The van der Waals surface area contributed by atoms with Gasteiger partial charge in [-0.1, -0.05) is 61.2 Å². The number of aliphatic imine (C=N–C) groups is 1. The van der Waals surface area contributed by atoms with Gasteiger partial charge in [0.25, 0.3) is 0 Å². The summed E-state index contributed by atoms with van der Waals surface area (Å²) in [5, 5.41) is 3.73. The fourth-order valence-corrected chi connectivity index (χ4v) is 4.06. The summed E-state index contributed by atoms with van der Waals surface area (Å²) in [7, 11) is 0. The molecule has 4 heteroatoms. The number of benzodiazepines with no additional fused rings is 1. The number of fused-ring (bicyclic) bond motifs is 1. The van der Waals surface area contributed by atoms with Gasteiger partial charge in [0, 0.05) is 16.1 Å². The van der Waals surface area contributed by atoms with Crippen LogP contribution >= 0.6 is 11.6 Å². The molecule has 1 amide bonds. The van der Waals surface area contributed by atoms with E-state index in [4.69, 9.17) is 16.6 Å². The van der Waals surface area contributed by atoms with Crippen LogP contribution in [0.1, 0.15) is 43.2 Å². The van der Waals surface area contributed by atoms with Gasteiger partial charge in [-0.2, -0.15) is 0 Å². The number of nitrogens with zero attached hydrogens (tertiary/aromatic N) is 1. The molecule has 0 radical (unpaired) electrons. The molecule has 0 aromatic heterocycles. The van der Waals surface area contributed by atoms with Gasteiger partial charge in [0.2, 0.25) is 5.91 Å². The van der Waals surface area contributed by atoms with Crippen LogP contribution in [0.4, 0.5) is 5.69 Å². The van der Waals surface area contributed by atoms with Crippen molar-refractivity contribution in [3.05, 3.63) is 64.7 Å². The van der Waals surface area contributed by atoms with Crippen LogP contribution in [-0.2, 0) is 4.79 Å². The summed E-state index contributed by atoms with van der Waals surface area (Å²) in [6.45, 7) is 0. The zero-order chi connectivity index (χ0) is 17.2. The predicted molar refractivity (Wildman–Crippen MR) is 103 cm³/mol. The minimum atomic E-state index is -0.332. The Labute approximate surface area is 153 Å². The van der Waals surface area contributed by atoms with Crippen molar-refractivity contribution in [2.24, 2.45) is 10.9 Å². The molecule has 4 rings (SSSR count). The summed E-state index contributed by atoms with van der Waals surface area (Å²) < 4.78 is 0. The van der Waals surface area contributed by atoms with Crippen molar-refractivity contribution in [2.75, 3.05) is 5.32 Å². The molecule has 2 aromatic carbocycles. The van der Waals surface area contributed by atoms with Crippen LogP contribution in [0.5, 0.6) is 0 Å². The van der Waals surface area contributed by atoms with E-state index in [1.54, 1.807) is 0 Å². The highest BCUT2D eigenvalue weighted by molar-refractivity contribution is 6.32. The number of hydrogen-bond acceptors (Lipinski definition) is 2. The van der Waals surface area contributed by atoms with Crippen molar-refractivity contribution in [3.8, 4) is 0 Å². The second kappa shape index (κ2) is 7.01. The molecule has 1 aliphatic heterocycles. The van der Waals surface area contributed by atoms with Crippen molar-refractivity contribution in [3.63, 3.8) is 0 Å². The average Bonchev–Trinajstić information content (AvgIpc) is 2.79. The van der Waals surface area contributed by atoms with E-state index in [9.17, 15) is 4.79 Å². The van der Waals surface area contributed by atoms with E-state index in [1.165, 1.54) is 19.3 Å². The Hall–Kier alpha value is -2.13. The van der Waals surface area contributed by atoms with Gasteiger partial charge in [0.05, 0.1) is 11.4 Å². The van der Waals surface area contributed by atoms with E-state index in [1.807, 2.05) is 48.5 Å². The molecule has 0 bridgehead atoms. The van der Waals surface area contributed by atoms with Crippen LogP contribution in [0.2, 0.25) is 5.02 Å². The third kappa shape index (κ3) is 3.34. The molecule has 1 heterocycles. The van der Waals surface area contributed by atoms with Gasteiger partial charge < -0.3 is 5.32 Å². The number of hydrogen-bond donors (Lipinski definition) is 1. The molecule has 1 atom stereocenters. The van der Waals surface area contributed by atoms with Crippen LogP contribution in [0, 0.1) is 5.92 Å². The first-order valence-corrected chi connectivity index (χ1v) is 9.34. The van der Waals surface area contributed by atoms with Crippen molar-refractivity contribution in [2.45, 2.75) is 38.1 Å². The van der Waals surface area contributed by atoms with Gasteiger partial charge in [-0.05, 0) is 37.0 Å². The summed E-state index contributed by atoms with van der Waals surface area (Å²) >= 11 is 6.24. The molecular weight excluding hydrogens is 332 g/mol. The van der Waals surface area contributed by atoms with Gasteiger partial charge in [-0.3, -0.25) is 9.79 Å². The first-order chi connectivity index (χ1) is 12.2. The lowest BCUT2D eigenvalue weighted by molar-refractivity contribution is -0.118. The van der Waals surface area contributed by atoms with E-state index in [0.29, 0.717) is 10.9 Å². The maximum atomic E-state index is 12.9. The molecule has 2 aromatic rings. The van der Waals surface area contributed by atoms with E-state index in [0.717, 1.165) is 35.4 Å². The minimum absolute atomic E-state index is 0.00130. The van der Waals surface area contributed by atoms with Crippen LogP contribution in [0.3, 0.4) is 0 Å². The highest BCUT2D eigenvalue weighted by Gasteiger charge is 2.32. The van der Waals surface area contributed by atoms with E-state index >= 15 is 0 Å². The SMILES string of the molecule is O=C1Nc2ccc(Cl)cc2C(c2ccccc2)=NC1C1CCCCC1. The Morgan fingerprint density at radius 1 is 1.00 bits per heavy atom.